The molecule has 24 heavy (non-hydrogen) atoms. The van der Waals surface area contributed by atoms with Crippen LogP contribution < -0.4 is 0 Å². The summed E-state index contributed by atoms with van der Waals surface area (Å²) in [6.45, 7) is 3.39. The number of non-ortho nitro benzene ring substituents is 1. The highest BCUT2D eigenvalue weighted by atomic mass is 32.2. The van der Waals surface area contributed by atoms with E-state index in [4.69, 9.17) is 12.2 Å². The predicted octanol–water partition coefficient (Wildman–Crippen LogP) is 2.91. The average molecular weight is 366 g/mol. The summed E-state index contributed by atoms with van der Waals surface area (Å²) in [6, 6.07) is 4.77. The topological polar surface area (TPSA) is 101 Å². The van der Waals surface area contributed by atoms with Crippen LogP contribution in [0.4, 0.5) is 5.69 Å². The number of carbonyl (C=O) groups is 2. The summed E-state index contributed by atoms with van der Waals surface area (Å²) in [5, 5.41) is 20.2. The second kappa shape index (κ2) is 7.10. The fourth-order valence-corrected chi connectivity index (χ4v) is 3.62. The van der Waals surface area contributed by atoms with Gasteiger partial charge in [-0.1, -0.05) is 50.0 Å². The first kappa shape index (κ1) is 18.1. The molecule has 1 N–H and O–H groups in total. The molecule has 2 rings (SSSR count). The van der Waals surface area contributed by atoms with Gasteiger partial charge in [0, 0.05) is 12.1 Å². The molecule has 9 heteroatoms. The van der Waals surface area contributed by atoms with Crippen LogP contribution in [0.25, 0.3) is 6.08 Å². The number of carboxylic acid groups (broad SMARTS) is 1. The van der Waals surface area contributed by atoms with Gasteiger partial charge in [0.25, 0.3) is 11.6 Å². The quantitative estimate of drug-likeness (QED) is 0.370. The molecule has 1 aliphatic rings. The minimum Gasteiger partial charge on any atom is -0.480 e. The Kier molecular flexibility index (Phi) is 5.35. The zero-order valence-corrected chi connectivity index (χ0v) is 14.5. The van der Waals surface area contributed by atoms with Crippen LogP contribution in [0.2, 0.25) is 0 Å². The smallest absolute Gasteiger partial charge is 0.327 e. The lowest BCUT2D eigenvalue weighted by molar-refractivity contribution is -0.384. The van der Waals surface area contributed by atoms with Crippen molar-refractivity contribution >= 4 is 51.9 Å². The van der Waals surface area contributed by atoms with E-state index < -0.39 is 22.8 Å². The number of nitro benzene ring substituents is 1. The number of carbonyl (C=O) groups excluding carboxylic acids is 1. The van der Waals surface area contributed by atoms with Gasteiger partial charge >= 0.3 is 5.97 Å². The van der Waals surface area contributed by atoms with Gasteiger partial charge in [-0.25, -0.2) is 4.79 Å². The Morgan fingerprint density at radius 2 is 2.12 bits per heavy atom. The molecule has 0 aliphatic carbocycles. The van der Waals surface area contributed by atoms with E-state index in [2.05, 4.69) is 0 Å². The van der Waals surface area contributed by atoms with E-state index in [1.807, 2.05) is 0 Å². The maximum absolute atomic E-state index is 12.5. The van der Waals surface area contributed by atoms with Gasteiger partial charge in [-0.15, -0.1) is 0 Å². The van der Waals surface area contributed by atoms with Gasteiger partial charge in [-0.2, -0.15) is 0 Å². The van der Waals surface area contributed by atoms with Crippen molar-refractivity contribution in [1.29, 1.82) is 0 Å². The van der Waals surface area contributed by atoms with E-state index in [-0.39, 0.29) is 20.8 Å². The molecule has 1 fully saturated rings. The summed E-state index contributed by atoms with van der Waals surface area (Å²) in [5.41, 5.74) is 0.381. The Hall–Kier alpha value is -2.26. The van der Waals surface area contributed by atoms with E-state index >= 15 is 0 Å². The van der Waals surface area contributed by atoms with Crippen LogP contribution >= 0.6 is 24.0 Å². The molecule has 1 aromatic carbocycles. The number of hydrogen-bond donors (Lipinski definition) is 1. The van der Waals surface area contributed by atoms with Gasteiger partial charge in [-0.3, -0.25) is 19.8 Å². The van der Waals surface area contributed by atoms with Crippen molar-refractivity contribution in [1.82, 2.24) is 4.90 Å². The number of thioether (sulfide) groups is 1. The van der Waals surface area contributed by atoms with Crippen LogP contribution in [0.15, 0.2) is 29.2 Å². The summed E-state index contributed by atoms with van der Waals surface area (Å²) < 4.78 is 0.165. The van der Waals surface area contributed by atoms with E-state index in [1.165, 1.54) is 24.3 Å². The average Bonchev–Trinajstić information content (AvgIpc) is 2.75. The van der Waals surface area contributed by atoms with Crippen LogP contribution in [0.1, 0.15) is 19.4 Å². The molecule has 1 aliphatic heterocycles. The maximum Gasteiger partial charge on any atom is 0.327 e. The highest BCUT2D eigenvalue weighted by Gasteiger charge is 2.41. The third-order valence-electron chi connectivity index (χ3n) is 3.37. The number of amides is 1. The van der Waals surface area contributed by atoms with Crippen molar-refractivity contribution in [2.45, 2.75) is 19.9 Å². The Labute approximate surface area is 147 Å². The molecule has 126 valence electrons. The standard InChI is InChI=1S/C15H14N2O5S2/c1-8(2)12(14(19)20)16-13(18)11(24-15(16)23)7-9-4-3-5-10(6-9)17(21)22/h3-8,12H,1-2H3,(H,19,20)/b11-7-. The molecule has 0 radical (unpaired) electrons. The van der Waals surface area contributed by atoms with Crippen LogP contribution in [-0.2, 0) is 9.59 Å². The van der Waals surface area contributed by atoms with Crippen molar-refractivity contribution in [2.24, 2.45) is 5.92 Å². The summed E-state index contributed by atoms with van der Waals surface area (Å²) in [6.07, 6.45) is 1.48. The lowest BCUT2D eigenvalue weighted by atomic mass is 10.0. The first-order chi connectivity index (χ1) is 11.2. The molecule has 1 unspecified atom stereocenters. The zero-order valence-electron chi connectivity index (χ0n) is 12.8. The minimum atomic E-state index is -1.13. The predicted molar refractivity (Wildman–Crippen MR) is 94.4 cm³/mol. The van der Waals surface area contributed by atoms with Crippen LogP contribution in [0.5, 0.6) is 0 Å². The molecule has 1 atom stereocenters. The Morgan fingerprint density at radius 1 is 1.46 bits per heavy atom. The molecule has 0 aromatic heterocycles. The number of nitro groups is 1. The van der Waals surface area contributed by atoms with Crippen LogP contribution in [0, 0.1) is 16.0 Å². The van der Waals surface area contributed by atoms with Crippen LogP contribution in [-0.4, -0.2) is 37.2 Å². The Bertz CT molecular complexity index is 760. The molecule has 7 nitrogen and oxygen atoms in total. The van der Waals surface area contributed by atoms with Crippen molar-refractivity contribution in [3.63, 3.8) is 0 Å². The minimum absolute atomic E-state index is 0.0928. The highest BCUT2D eigenvalue weighted by Crippen LogP contribution is 2.35. The fourth-order valence-electron chi connectivity index (χ4n) is 2.29. The fraction of sp³-hybridized carbons (Fsp3) is 0.267. The monoisotopic (exact) mass is 366 g/mol. The first-order valence-electron chi connectivity index (χ1n) is 6.96. The number of benzene rings is 1. The maximum atomic E-state index is 12.5. The number of carboxylic acids is 1. The first-order valence-corrected chi connectivity index (χ1v) is 8.19. The number of rotatable bonds is 5. The number of thiocarbonyl (C=S) groups is 1. The molecular weight excluding hydrogens is 352 g/mol. The molecule has 1 aromatic rings. The van der Waals surface area contributed by atoms with Crippen molar-refractivity contribution in [3.05, 3.63) is 44.8 Å². The van der Waals surface area contributed by atoms with Crippen molar-refractivity contribution in [2.75, 3.05) is 0 Å². The van der Waals surface area contributed by atoms with E-state index in [0.717, 1.165) is 16.7 Å². The van der Waals surface area contributed by atoms with Gasteiger partial charge in [0.2, 0.25) is 0 Å². The SMILES string of the molecule is CC(C)C(C(=O)O)N1C(=O)/C(=C/c2cccc([N+](=O)[O-])c2)SC1=S. The lowest BCUT2D eigenvalue weighted by Gasteiger charge is -2.26. The van der Waals surface area contributed by atoms with Gasteiger partial charge in [0.05, 0.1) is 9.83 Å². The van der Waals surface area contributed by atoms with Gasteiger partial charge < -0.3 is 5.11 Å². The summed E-state index contributed by atoms with van der Waals surface area (Å²) in [5.74, 6) is -1.95. The third-order valence-corrected chi connectivity index (χ3v) is 4.70. The zero-order chi connectivity index (χ0) is 18.0. The van der Waals surface area contributed by atoms with Gasteiger partial charge in [0.15, 0.2) is 0 Å². The van der Waals surface area contributed by atoms with Gasteiger partial charge in [0.1, 0.15) is 10.4 Å². The number of nitrogens with zero attached hydrogens (tertiary/aromatic N) is 2. The largest absolute Gasteiger partial charge is 0.480 e. The Balaban J connectivity index is 2.36. The second-order valence-electron chi connectivity index (χ2n) is 5.43. The molecule has 1 amide bonds. The molecule has 0 spiro atoms. The highest BCUT2D eigenvalue weighted by molar-refractivity contribution is 8.26. The van der Waals surface area contributed by atoms with E-state index in [0.29, 0.717) is 5.56 Å². The summed E-state index contributed by atoms with van der Waals surface area (Å²) in [4.78, 5) is 35.6. The van der Waals surface area contributed by atoms with E-state index in [9.17, 15) is 24.8 Å². The number of hydrogen-bond acceptors (Lipinski definition) is 6. The summed E-state index contributed by atoms with van der Waals surface area (Å²) >= 11 is 6.14. The molecule has 0 saturated carbocycles. The second-order valence-corrected chi connectivity index (χ2v) is 7.11. The summed E-state index contributed by atoms with van der Waals surface area (Å²) in [7, 11) is 0. The lowest BCUT2D eigenvalue weighted by Crippen LogP contribution is -2.47. The molecular formula is C15H14N2O5S2. The Morgan fingerprint density at radius 3 is 2.67 bits per heavy atom. The van der Waals surface area contributed by atoms with Crippen molar-refractivity contribution < 1.29 is 19.6 Å². The number of aliphatic carboxylic acids is 1. The molecule has 1 saturated heterocycles. The third kappa shape index (κ3) is 3.62. The normalized spacial score (nSPS) is 17.6. The van der Waals surface area contributed by atoms with Gasteiger partial charge in [-0.05, 0) is 17.6 Å². The van der Waals surface area contributed by atoms with Crippen LogP contribution in [0.3, 0.4) is 0 Å². The molecule has 1 heterocycles. The van der Waals surface area contributed by atoms with E-state index in [1.54, 1.807) is 19.9 Å². The molecule has 0 bridgehead atoms. The van der Waals surface area contributed by atoms with Crippen molar-refractivity contribution in [3.8, 4) is 0 Å².